The molecule has 1 aliphatic rings. The van der Waals surface area contributed by atoms with E-state index in [9.17, 15) is 0 Å². The van der Waals surface area contributed by atoms with Crippen molar-refractivity contribution >= 4 is 0 Å². The summed E-state index contributed by atoms with van der Waals surface area (Å²) in [6.07, 6.45) is 15.5. The van der Waals surface area contributed by atoms with Gasteiger partial charge in [0, 0.05) is 0 Å². The van der Waals surface area contributed by atoms with Crippen LogP contribution in [0.4, 0.5) is 0 Å². The van der Waals surface area contributed by atoms with Crippen LogP contribution in [0.1, 0.15) is 32.6 Å². The summed E-state index contributed by atoms with van der Waals surface area (Å²) in [5.41, 5.74) is 0.0164. The molecule has 1 nitrogen and oxygen atoms in total. The zero-order valence-corrected chi connectivity index (χ0v) is 9.13. The molecule has 14 heavy (non-hydrogen) atoms. The third kappa shape index (κ3) is 3.15. The summed E-state index contributed by atoms with van der Waals surface area (Å²) in [5.74, 6) is 0. The maximum atomic E-state index is 3.91. The summed E-state index contributed by atoms with van der Waals surface area (Å²) < 4.78 is 0. The van der Waals surface area contributed by atoms with Crippen LogP contribution in [0, 0.1) is 0 Å². The average molecular weight is 191 g/mol. The van der Waals surface area contributed by atoms with Crippen molar-refractivity contribution in [2.75, 3.05) is 6.54 Å². The Balaban J connectivity index is 2.35. The molecule has 0 spiro atoms. The molecule has 1 atom stereocenters. The SMILES string of the molecule is C=C[C@]1(NCCCCC)C=CC=CC1. The van der Waals surface area contributed by atoms with Crippen molar-refractivity contribution < 1.29 is 0 Å². The van der Waals surface area contributed by atoms with Crippen molar-refractivity contribution in [2.24, 2.45) is 0 Å². The van der Waals surface area contributed by atoms with Crippen LogP contribution in [-0.4, -0.2) is 12.1 Å². The highest BCUT2D eigenvalue weighted by atomic mass is 15.0. The molecule has 0 aromatic heterocycles. The minimum Gasteiger partial charge on any atom is -0.304 e. The van der Waals surface area contributed by atoms with Crippen LogP contribution in [0.25, 0.3) is 0 Å². The topological polar surface area (TPSA) is 12.0 Å². The molecule has 0 saturated heterocycles. The number of hydrogen-bond acceptors (Lipinski definition) is 1. The fourth-order valence-corrected chi connectivity index (χ4v) is 1.69. The van der Waals surface area contributed by atoms with E-state index in [1.807, 2.05) is 6.08 Å². The Morgan fingerprint density at radius 1 is 1.43 bits per heavy atom. The van der Waals surface area contributed by atoms with E-state index < -0.39 is 0 Å². The Hall–Kier alpha value is -0.820. The van der Waals surface area contributed by atoms with Gasteiger partial charge < -0.3 is 5.32 Å². The predicted molar refractivity (Wildman–Crippen MR) is 63.4 cm³/mol. The summed E-state index contributed by atoms with van der Waals surface area (Å²) in [5, 5.41) is 3.56. The van der Waals surface area contributed by atoms with Crippen LogP contribution in [0.5, 0.6) is 0 Å². The van der Waals surface area contributed by atoms with E-state index in [2.05, 4.69) is 43.1 Å². The van der Waals surface area contributed by atoms with Gasteiger partial charge in [-0.3, -0.25) is 0 Å². The maximum Gasteiger partial charge on any atom is 0.0585 e. The molecule has 1 rings (SSSR count). The lowest BCUT2D eigenvalue weighted by atomic mass is 9.91. The monoisotopic (exact) mass is 191 g/mol. The van der Waals surface area contributed by atoms with Crippen molar-refractivity contribution in [2.45, 2.75) is 38.1 Å². The summed E-state index contributed by atoms with van der Waals surface area (Å²) in [7, 11) is 0. The number of rotatable bonds is 6. The van der Waals surface area contributed by atoms with Crippen LogP contribution in [0.3, 0.4) is 0 Å². The highest BCUT2D eigenvalue weighted by Gasteiger charge is 2.21. The molecule has 0 unspecified atom stereocenters. The first-order valence-electron chi connectivity index (χ1n) is 5.56. The van der Waals surface area contributed by atoms with Gasteiger partial charge in [-0.1, -0.05) is 50.1 Å². The molecule has 0 heterocycles. The maximum absolute atomic E-state index is 3.91. The second kappa shape index (κ2) is 5.82. The van der Waals surface area contributed by atoms with Gasteiger partial charge in [0.05, 0.1) is 5.54 Å². The van der Waals surface area contributed by atoms with Crippen molar-refractivity contribution in [1.29, 1.82) is 0 Å². The molecule has 78 valence electrons. The second-order valence-electron chi connectivity index (χ2n) is 3.87. The lowest BCUT2D eigenvalue weighted by molar-refractivity contribution is 0.472. The third-order valence-corrected chi connectivity index (χ3v) is 2.70. The first-order chi connectivity index (χ1) is 6.83. The molecule has 0 aliphatic heterocycles. The average Bonchev–Trinajstić information content (AvgIpc) is 2.26. The predicted octanol–water partition coefficient (Wildman–Crippen LogP) is 3.21. The number of allylic oxidation sites excluding steroid dienone is 2. The van der Waals surface area contributed by atoms with Crippen molar-refractivity contribution in [3.63, 3.8) is 0 Å². The lowest BCUT2D eigenvalue weighted by Crippen LogP contribution is -2.42. The molecular weight excluding hydrogens is 170 g/mol. The van der Waals surface area contributed by atoms with E-state index in [1.54, 1.807) is 0 Å². The highest BCUT2D eigenvalue weighted by Crippen LogP contribution is 2.18. The number of unbranched alkanes of at least 4 members (excludes halogenated alkanes) is 2. The number of hydrogen-bond donors (Lipinski definition) is 1. The van der Waals surface area contributed by atoms with E-state index in [0.717, 1.165) is 13.0 Å². The lowest BCUT2D eigenvalue weighted by Gasteiger charge is -2.29. The van der Waals surface area contributed by atoms with Crippen molar-refractivity contribution in [3.05, 3.63) is 37.0 Å². The van der Waals surface area contributed by atoms with Gasteiger partial charge in [0.25, 0.3) is 0 Å². The zero-order valence-electron chi connectivity index (χ0n) is 9.13. The van der Waals surface area contributed by atoms with Crippen LogP contribution in [-0.2, 0) is 0 Å². The fraction of sp³-hybridized carbons (Fsp3) is 0.538. The normalized spacial score (nSPS) is 25.2. The Kier molecular flexibility index (Phi) is 4.68. The molecule has 0 bridgehead atoms. The molecule has 1 N–H and O–H groups in total. The number of nitrogens with one attached hydrogen (secondary N) is 1. The molecule has 0 aromatic carbocycles. The van der Waals surface area contributed by atoms with Crippen molar-refractivity contribution in [1.82, 2.24) is 5.32 Å². The van der Waals surface area contributed by atoms with Gasteiger partial charge in [0.2, 0.25) is 0 Å². The van der Waals surface area contributed by atoms with Gasteiger partial charge in [0.15, 0.2) is 0 Å². The van der Waals surface area contributed by atoms with Gasteiger partial charge in [-0.15, -0.1) is 6.58 Å². The van der Waals surface area contributed by atoms with Gasteiger partial charge in [-0.2, -0.15) is 0 Å². The minimum atomic E-state index is 0.0164. The molecule has 1 aliphatic carbocycles. The quantitative estimate of drug-likeness (QED) is 0.502. The molecule has 0 aromatic rings. The Morgan fingerprint density at radius 2 is 2.29 bits per heavy atom. The Bertz CT molecular complexity index is 227. The van der Waals surface area contributed by atoms with E-state index in [1.165, 1.54) is 19.3 Å². The molecule has 1 heteroatoms. The second-order valence-corrected chi connectivity index (χ2v) is 3.87. The first kappa shape index (κ1) is 11.3. The summed E-state index contributed by atoms with van der Waals surface area (Å²) in [6.45, 7) is 7.22. The standard InChI is InChI=1S/C13H21N/c1-3-5-9-12-14-13(4-2)10-7-6-8-11-13/h4,6-8,10,14H,2-3,5,9,11-12H2,1H3/t13-/m0/s1. The molecule has 0 radical (unpaired) electrons. The van der Waals surface area contributed by atoms with Crippen LogP contribution >= 0.6 is 0 Å². The van der Waals surface area contributed by atoms with Gasteiger partial charge in [0.1, 0.15) is 0 Å². The summed E-state index contributed by atoms with van der Waals surface area (Å²) in [6, 6.07) is 0. The fourth-order valence-electron chi connectivity index (χ4n) is 1.69. The smallest absolute Gasteiger partial charge is 0.0585 e. The summed E-state index contributed by atoms with van der Waals surface area (Å²) >= 11 is 0. The van der Waals surface area contributed by atoms with E-state index >= 15 is 0 Å². The van der Waals surface area contributed by atoms with Crippen LogP contribution < -0.4 is 5.32 Å². The molecular formula is C13H21N. The van der Waals surface area contributed by atoms with E-state index in [-0.39, 0.29) is 5.54 Å². The van der Waals surface area contributed by atoms with Crippen molar-refractivity contribution in [3.8, 4) is 0 Å². The highest BCUT2D eigenvalue weighted by molar-refractivity contribution is 5.26. The third-order valence-electron chi connectivity index (χ3n) is 2.70. The van der Waals surface area contributed by atoms with Gasteiger partial charge in [-0.05, 0) is 19.4 Å². The molecule has 0 saturated carbocycles. The molecule has 0 amide bonds. The van der Waals surface area contributed by atoms with Gasteiger partial charge in [-0.25, -0.2) is 0 Å². The largest absolute Gasteiger partial charge is 0.304 e. The Labute approximate surface area is 87.6 Å². The van der Waals surface area contributed by atoms with Crippen LogP contribution in [0.15, 0.2) is 37.0 Å². The minimum absolute atomic E-state index is 0.0164. The summed E-state index contributed by atoms with van der Waals surface area (Å²) in [4.78, 5) is 0. The first-order valence-corrected chi connectivity index (χ1v) is 5.56. The Morgan fingerprint density at radius 3 is 2.86 bits per heavy atom. The van der Waals surface area contributed by atoms with Crippen LogP contribution in [0.2, 0.25) is 0 Å². The van der Waals surface area contributed by atoms with Gasteiger partial charge >= 0.3 is 0 Å². The molecule has 0 fully saturated rings. The van der Waals surface area contributed by atoms with E-state index in [4.69, 9.17) is 0 Å². The van der Waals surface area contributed by atoms with E-state index in [0.29, 0.717) is 0 Å². The zero-order chi connectivity index (χ0) is 10.3.